The van der Waals surface area contributed by atoms with E-state index in [1.54, 1.807) is 35.2 Å². The molecule has 0 unspecified atom stereocenters. The number of hydrogen-bond acceptors (Lipinski definition) is 4. The third-order valence-electron chi connectivity index (χ3n) is 3.78. The molecule has 0 atom stereocenters. The molecule has 8 heteroatoms. The molecular weight excluding hydrogens is 410 g/mol. The quantitative estimate of drug-likeness (QED) is 0.585. The van der Waals surface area contributed by atoms with Crippen molar-refractivity contribution in [3.63, 3.8) is 0 Å². The summed E-state index contributed by atoms with van der Waals surface area (Å²) in [6, 6.07) is 9.14. The Bertz CT molecular complexity index is 922. The number of amidine groups is 1. The summed E-state index contributed by atoms with van der Waals surface area (Å²) in [6.07, 6.45) is 1.71. The number of carbonyl (C=O) groups excluding carboxylic acids is 1. The van der Waals surface area contributed by atoms with Gasteiger partial charge in [-0.2, -0.15) is 0 Å². The van der Waals surface area contributed by atoms with Crippen molar-refractivity contribution in [2.75, 3.05) is 13.7 Å². The largest absolute Gasteiger partial charge is 0.494 e. The summed E-state index contributed by atoms with van der Waals surface area (Å²) >= 11 is 13.6. The summed E-state index contributed by atoms with van der Waals surface area (Å²) in [6.45, 7) is 2.33. The van der Waals surface area contributed by atoms with Gasteiger partial charge in [-0.25, -0.2) is 9.38 Å². The second-order valence-corrected chi connectivity index (χ2v) is 7.37. The lowest BCUT2D eigenvalue weighted by Crippen LogP contribution is -2.28. The summed E-state index contributed by atoms with van der Waals surface area (Å²) in [4.78, 5) is 19.2. The predicted octanol–water partition coefficient (Wildman–Crippen LogP) is 5.77. The number of amides is 1. The Labute approximate surface area is 170 Å². The topological polar surface area (TPSA) is 41.9 Å². The van der Waals surface area contributed by atoms with E-state index in [9.17, 15) is 9.18 Å². The first-order valence-electron chi connectivity index (χ1n) is 8.01. The molecular formula is C19H15Cl2FN2O2S. The van der Waals surface area contributed by atoms with Crippen LogP contribution in [0.3, 0.4) is 0 Å². The number of aliphatic imine (C=N–C) groups is 1. The SMILES string of the molecule is CCN1C(=O)/C(=C\c2cc(Cl)c(OC)c(Cl)c2)SC1=Nc1ccc(F)cc1. The molecule has 1 fully saturated rings. The van der Waals surface area contributed by atoms with Crippen molar-refractivity contribution in [3.05, 3.63) is 62.7 Å². The van der Waals surface area contributed by atoms with Crippen LogP contribution in [-0.4, -0.2) is 29.6 Å². The van der Waals surface area contributed by atoms with Crippen LogP contribution in [-0.2, 0) is 4.79 Å². The highest BCUT2D eigenvalue weighted by molar-refractivity contribution is 8.18. The first-order chi connectivity index (χ1) is 12.9. The van der Waals surface area contributed by atoms with Gasteiger partial charge in [0, 0.05) is 6.54 Å². The van der Waals surface area contributed by atoms with E-state index in [1.807, 2.05) is 6.92 Å². The van der Waals surface area contributed by atoms with E-state index in [4.69, 9.17) is 27.9 Å². The molecule has 0 radical (unpaired) electrons. The van der Waals surface area contributed by atoms with Crippen molar-refractivity contribution in [2.45, 2.75) is 6.92 Å². The molecule has 0 spiro atoms. The molecule has 1 amide bonds. The van der Waals surface area contributed by atoms with E-state index in [1.165, 1.54) is 31.0 Å². The van der Waals surface area contributed by atoms with Gasteiger partial charge in [-0.15, -0.1) is 0 Å². The maximum Gasteiger partial charge on any atom is 0.266 e. The van der Waals surface area contributed by atoms with Crippen molar-refractivity contribution in [2.24, 2.45) is 4.99 Å². The lowest BCUT2D eigenvalue weighted by atomic mass is 10.2. The van der Waals surface area contributed by atoms with E-state index >= 15 is 0 Å². The summed E-state index contributed by atoms with van der Waals surface area (Å²) in [5.41, 5.74) is 1.25. The number of thioether (sulfide) groups is 1. The highest BCUT2D eigenvalue weighted by Crippen LogP contribution is 2.37. The number of nitrogens with zero attached hydrogens (tertiary/aromatic N) is 2. The summed E-state index contributed by atoms with van der Waals surface area (Å²) in [7, 11) is 1.49. The number of hydrogen-bond donors (Lipinski definition) is 0. The van der Waals surface area contributed by atoms with Gasteiger partial charge in [0.1, 0.15) is 5.82 Å². The van der Waals surface area contributed by atoms with Gasteiger partial charge >= 0.3 is 0 Å². The predicted molar refractivity (Wildman–Crippen MR) is 109 cm³/mol. The maximum atomic E-state index is 13.1. The molecule has 27 heavy (non-hydrogen) atoms. The van der Waals surface area contributed by atoms with E-state index in [0.717, 1.165) is 0 Å². The van der Waals surface area contributed by atoms with Gasteiger partial charge in [0.15, 0.2) is 10.9 Å². The molecule has 0 aliphatic carbocycles. The van der Waals surface area contributed by atoms with E-state index in [2.05, 4.69) is 4.99 Å². The fourth-order valence-electron chi connectivity index (χ4n) is 2.51. The number of ether oxygens (including phenoxy) is 1. The Balaban J connectivity index is 1.94. The highest BCUT2D eigenvalue weighted by Gasteiger charge is 2.32. The van der Waals surface area contributed by atoms with Gasteiger partial charge in [-0.05, 0) is 66.7 Å². The Hall–Kier alpha value is -2.02. The van der Waals surface area contributed by atoms with Gasteiger partial charge in [0.05, 0.1) is 27.7 Å². The van der Waals surface area contributed by atoms with Crippen LogP contribution in [0.5, 0.6) is 5.75 Å². The number of benzene rings is 2. The molecule has 4 nitrogen and oxygen atoms in total. The Morgan fingerprint density at radius 2 is 1.85 bits per heavy atom. The normalized spacial score (nSPS) is 17.2. The van der Waals surface area contributed by atoms with Crippen LogP contribution in [0.1, 0.15) is 12.5 Å². The minimum atomic E-state index is -0.338. The van der Waals surface area contributed by atoms with Crippen LogP contribution < -0.4 is 4.74 Å². The van der Waals surface area contributed by atoms with Crippen molar-refractivity contribution in [3.8, 4) is 5.75 Å². The lowest BCUT2D eigenvalue weighted by Gasteiger charge is -2.12. The van der Waals surface area contributed by atoms with Crippen molar-refractivity contribution in [1.82, 2.24) is 4.90 Å². The van der Waals surface area contributed by atoms with Crippen molar-refractivity contribution < 1.29 is 13.9 Å². The van der Waals surface area contributed by atoms with Gasteiger partial charge < -0.3 is 4.74 Å². The summed E-state index contributed by atoms with van der Waals surface area (Å²) in [5.74, 6) is -0.110. The number of carbonyl (C=O) groups is 1. The number of likely N-dealkylation sites (N-methyl/N-ethyl adjacent to an activating group) is 1. The standard InChI is InChI=1S/C19H15Cl2FN2O2S/c1-3-24-18(25)16(10-11-8-14(20)17(26-2)15(21)9-11)27-19(24)23-13-6-4-12(22)5-7-13/h4-10H,3H2,1-2H3/b16-10+,23-19?. The molecule has 0 aromatic heterocycles. The lowest BCUT2D eigenvalue weighted by molar-refractivity contribution is -0.122. The average molecular weight is 425 g/mol. The van der Waals surface area contributed by atoms with Crippen LogP contribution in [0.2, 0.25) is 10.0 Å². The molecule has 1 saturated heterocycles. The van der Waals surface area contributed by atoms with Crippen LogP contribution in [0, 0.1) is 5.82 Å². The summed E-state index contributed by atoms with van der Waals surface area (Å²) < 4.78 is 18.2. The van der Waals surface area contributed by atoms with Crippen molar-refractivity contribution in [1.29, 1.82) is 0 Å². The van der Waals surface area contributed by atoms with E-state index in [-0.39, 0.29) is 11.7 Å². The first-order valence-corrected chi connectivity index (χ1v) is 9.59. The van der Waals surface area contributed by atoms with Crippen LogP contribution in [0.25, 0.3) is 6.08 Å². The fraction of sp³-hybridized carbons (Fsp3) is 0.158. The van der Waals surface area contributed by atoms with Gasteiger partial charge in [-0.1, -0.05) is 23.2 Å². The zero-order valence-electron chi connectivity index (χ0n) is 14.5. The van der Waals surface area contributed by atoms with Gasteiger partial charge in [0.25, 0.3) is 5.91 Å². The highest BCUT2D eigenvalue weighted by atomic mass is 35.5. The van der Waals surface area contributed by atoms with Crippen LogP contribution >= 0.6 is 35.0 Å². The molecule has 140 valence electrons. The molecule has 3 rings (SSSR count). The summed E-state index contributed by atoms with van der Waals surface area (Å²) in [5, 5.41) is 1.26. The van der Waals surface area contributed by atoms with E-state index in [0.29, 0.717) is 43.7 Å². The number of methoxy groups -OCH3 is 1. The third-order valence-corrected chi connectivity index (χ3v) is 5.35. The second-order valence-electron chi connectivity index (χ2n) is 5.55. The van der Waals surface area contributed by atoms with Crippen molar-refractivity contribution >= 4 is 57.8 Å². The minimum absolute atomic E-state index is 0.161. The molecule has 2 aromatic carbocycles. The van der Waals surface area contributed by atoms with Crippen LogP contribution in [0.4, 0.5) is 10.1 Å². The Morgan fingerprint density at radius 1 is 1.22 bits per heavy atom. The first kappa shape index (κ1) is 19.7. The molecule has 1 aliphatic rings. The molecule has 1 aliphatic heterocycles. The van der Waals surface area contributed by atoms with E-state index < -0.39 is 0 Å². The molecule has 0 N–H and O–H groups in total. The fourth-order valence-corrected chi connectivity index (χ4v) is 4.23. The molecule has 1 heterocycles. The zero-order chi connectivity index (χ0) is 19.6. The monoisotopic (exact) mass is 424 g/mol. The Morgan fingerprint density at radius 3 is 2.41 bits per heavy atom. The minimum Gasteiger partial charge on any atom is -0.494 e. The second kappa shape index (κ2) is 8.33. The third kappa shape index (κ3) is 4.29. The van der Waals surface area contributed by atoms with Crippen LogP contribution in [0.15, 0.2) is 46.3 Å². The average Bonchev–Trinajstić information content (AvgIpc) is 2.91. The smallest absolute Gasteiger partial charge is 0.266 e. The van der Waals surface area contributed by atoms with Gasteiger partial charge in [0.2, 0.25) is 0 Å². The number of halogens is 3. The molecule has 2 aromatic rings. The Kier molecular flexibility index (Phi) is 6.09. The zero-order valence-corrected chi connectivity index (χ0v) is 16.8. The number of rotatable bonds is 4. The maximum absolute atomic E-state index is 13.1. The van der Waals surface area contributed by atoms with Gasteiger partial charge in [-0.3, -0.25) is 9.69 Å². The molecule has 0 saturated carbocycles. The molecule has 0 bridgehead atoms.